The van der Waals surface area contributed by atoms with Crippen LogP contribution in [-0.2, 0) is 4.79 Å². The molecule has 0 saturated carbocycles. The maximum Gasteiger partial charge on any atom is 0.271 e. The lowest BCUT2D eigenvalue weighted by Gasteiger charge is -2.25. The van der Waals surface area contributed by atoms with Gasteiger partial charge in [-0.05, 0) is 42.7 Å². The first-order valence-electron chi connectivity index (χ1n) is 8.25. The second-order valence-corrected chi connectivity index (χ2v) is 5.71. The number of hydrazone groups is 1. The number of carbonyl (C=O) groups is 1. The second kappa shape index (κ2) is 10.0. The van der Waals surface area contributed by atoms with E-state index in [2.05, 4.69) is 10.5 Å². The van der Waals surface area contributed by atoms with Gasteiger partial charge in [-0.25, -0.2) is 5.43 Å². The largest absolute Gasteiger partial charge is 0.497 e. The minimum absolute atomic E-state index is 0.427. The van der Waals surface area contributed by atoms with Gasteiger partial charge in [-0.3, -0.25) is 4.79 Å². The molecule has 5 heteroatoms. The van der Waals surface area contributed by atoms with Crippen LogP contribution in [0.1, 0.15) is 57.9 Å². The van der Waals surface area contributed by atoms with Crippen LogP contribution in [0.3, 0.4) is 0 Å². The van der Waals surface area contributed by atoms with E-state index in [1.807, 2.05) is 38.1 Å². The van der Waals surface area contributed by atoms with Gasteiger partial charge in [0.05, 0.1) is 13.3 Å². The molecular formula is C18H28N2O3. The first-order chi connectivity index (χ1) is 11.1. The Bertz CT molecular complexity index is 489. The molecule has 0 spiro atoms. The van der Waals surface area contributed by atoms with Crippen LogP contribution >= 0.6 is 0 Å². The van der Waals surface area contributed by atoms with Gasteiger partial charge in [-0.2, -0.15) is 5.10 Å². The van der Waals surface area contributed by atoms with Crippen LogP contribution in [0.5, 0.6) is 5.75 Å². The van der Waals surface area contributed by atoms with Crippen molar-refractivity contribution in [1.29, 1.82) is 0 Å². The molecule has 0 fully saturated rings. The third kappa shape index (κ3) is 6.40. The Labute approximate surface area is 138 Å². The number of ether oxygens (including phenoxy) is 1. The van der Waals surface area contributed by atoms with Crippen molar-refractivity contribution < 1.29 is 14.6 Å². The maximum absolute atomic E-state index is 12.3. The number of aliphatic hydroxyl groups is 1. The molecule has 23 heavy (non-hydrogen) atoms. The van der Waals surface area contributed by atoms with E-state index in [1.54, 1.807) is 13.3 Å². The Morgan fingerprint density at radius 1 is 1.22 bits per heavy atom. The first kappa shape index (κ1) is 19.2. The summed E-state index contributed by atoms with van der Waals surface area (Å²) in [7, 11) is 1.61. The molecule has 1 aromatic carbocycles. The number of nitrogens with zero attached hydrogens (tertiary/aromatic N) is 1. The minimum Gasteiger partial charge on any atom is -0.497 e. The van der Waals surface area contributed by atoms with Gasteiger partial charge < -0.3 is 9.84 Å². The minimum atomic E-state index is -1.33. The highest BCUT2D eigenvalue weighted by Crippen LogP contribution is 2.22. The topological polar surface area (TPSA) is 70.9 Å². The van der Waals surface area contributed by atoms with E-state index in [4.69, 9.17) is 4.74 Å². The van der Waals surface area contributed by atoms with Crippen LogP contribution in [0.15, 0.2) is 29.4 Å². The number of methoxy groups -OCH3 is 1. The summed E-state index contributed by atoms with van der Waals surface area (Å²) >= 11 is 0. The van der Waals surface area contributed by atoms with Gasteiger partial charge in [-0.1, -0.05) is 39.5 Å². The molecule has 128 valence electrons. The molecule has 0 radical (unpaired) electrons. The van der Waals surface area contributed by atoms with E-state index in [9.17, 15) is 9.90 Å². The van der Waals surface area contributed by atoms with Crippen LogP contribution in [0.2, 0.25) is 0 Å². The van der Waals surface area contributed by atoms with Gasteiger partial charge in [-0.15, -0.1) is 0 Å². The lowest BCUT2D eigenvalue weighted by Crippen LogP contribution is -2.45. The lowest BCUT2D eigenvalue weighted by molar-refractivity contribution is -0.141. The van der Waals surface area contributed by atoms with Crippen LogP contribution in [0, 0.1) is 0 Å². The zero-order valence-electron chi connectivity index (χ0n) is 14.3. The zero-order chi connectivity index (χ0) is 17.1. The molecule has 5 nitrogen and oxygen atoms in total. The molecule has 0 unspecified atom stereocenters. The van der Waals surface area contributed by atoms with Crippen molar-refractivity contribution in [2.45, 2.75) is 58.0 Å². The monoisotopic (exact) mass is 320 g/mol. The average molecular weight is 320 g/mol. The van der Waals surface area contributed by atoms with E-state index in [0.29, 0.717) is 12.8 Å². The Morgan fingerprint density at radius 3 is 2.26 bits per heavy atom. The standard InChI is InChI=1S/C18H28N2O3/c1-4-6-12-18(22,13-7-5-2)17(21)20-19-14-15-8-10-16(23-3)11-9-15/h8-11,14,22H,4-7,12-13H2,1-3H3,(H,20,21). The predicted molar refractivity (Wildman–Crippen MR) is 92.7 cm³/mol. The van der Waals surface area contributed by atoms with Crippen LogP contribution in [0.25, 0.3) is 0 Å². The predicted octanol–water partition coefficient (Wildman–Crippen LogP) is 3.26. The van der Waals surface area contributed by atoms with E-state index >= 15 is 0 Å². The highest BCUT2D eigenvalue weighted by molar-refractivity contribution is 5.87. The third-order valence-electron chi connectivity index (χ3n) is 3.81. The van der Waals surface area contributed by atoms with Crippen molar-refractivity contribution >= 4 is 12.1 Å². The summed E-state index contributed by atoms with van der Waals surface area (Å²) in [6.45, 7) is 4.08. The first-order valence-corrected chi connectivity index (χ1v) is 8.25. The fourth-order valence-corrected chi connectivity index (χ4v) is 2.25. The summed E-state index contributed by atoms with van der Waals surface area (Å²) in [5, 5.41) is 14.6. The van der Waals surface area contributed by atoms with Gasteiger partial charge in [0.15, 0.2) is 0 Å². The number of hydrogen-bond donors (Lipinski definition) is 2. The fraction of sp³-hybridized carbons (Fsp3) is 0.556. The molecule has 2 N–H and O–H groups in total. The smallest absolute Gasteiger partial charge is 0.271 e. The third-order valence-corrected chi connectivity index (χ3v) is 3.81. The number of unbranched alkanes of at least 4 members (excludes halogenated alkanes) is 2. The summed E-state index contributed by atoms with van der Waals surface area (Å²) in [5.74, 6) is 0.337. The van der Waals surface area contributed by atoms with Crippen LogP contribution in [-0.4, -0.2) is 29.9 Å². The molecule has 0 atom stereocenters. The number of hydrogen-bond acceptors (Lipinski definition) is 4. The molecule has 0 aliphatic heterocycles. The molecule has 0 aliphatic carbocycles. The molecule has 1 rings (SSSR count). The van der Waals surface area contributed by atoms with E-state index < -0.39 is 11.5 Å². The highest BCUT2D eigenvalue weighted by atomic mass is 16.5. The van der Waals surface area contributed by atoms with Crippen molar-refractivity contribution in [1.82, 2.24) is 5.43 Å². The summed E-state index contributed by atoms with van der Waals surface area (Å²) in [4.78, 5) is 12.3. The number of benzene rings is 1. The van der Waals surface area contributed by atoms with Crippen molar-refractivity contribution in [2.75, 3.05) is 7.11 Å². The van der Waals surface area contributed by atoms with Gasteiger partial charge in [0, 0.05) is 0 Å². The quantitative estimate of drug-likeness (QED) is 0.513. The van der Waals surface area contributed by atoms with E-state index in [-0.39, 0.29) is 0 Å². The summed E-state index contributed by atoms with van der Waals surface area (Å²) in [6.07, 6.45) is 6.00. The van der Waals surface area contributed by atoms with Gasteiger partial charge >= 0.3 is 0 Å². The van der Waals surface area contributed by atoms with E-state index in [0.717, 1.165) is 37.0 Å². The normalized spacial score (nSPS) is 11.7. The number of carbonyl (C=O) groups excluding carboxylic acids is 1. The van der Waals surface area contributed by atoms with Crippen molar-refractivity contribution in [3.8, 4) is 5.75 Å². The van der Waals surface area contributed by atoms with Crippen molar-refractivity contribution in [2.24, 2.45) is 5.10 Å². The Kier molecular flexibility index (Phi) is 8.33. The fourth-order valence-electron chi connectivity index (χ4n) is 2.25. The van der Waals surface area contributed by atoms with Gasteiger partial charge in [0.25, 0.3) is 5.91 Å². The number of nitrogens with one attached hydrogen (secondary N) is 1. The summed E-state index contributed by atoms with van der Waals surface area (Å²) in [6, 6.07) is 7.33. The molecule has 1 amide bonds. The Hall–Kier alpha value is -1.88. The molecule has 0 aliphatic rings. The zero-order valence-corrected chi connectivity index (χ0v) is 14.3. The highest BCUT2D eigenvalue weighted by Gasteiger charge is 2.34. The molecule has 0 saturated heterocycles. The van der Waals surface area contributed by atoms with Crippen molar-refractivity contribution in [3.05, 3.63) is 29.8 Å². The Balaban J connectivity index is 2.63. The molecule has 0 aromatic heterocycles. The molecule has 1 aromatic rings. The maximum atomic E-state index is 12.3. The average Bonchev–Trinajstić information content (AvgIpc) is 2.58. The lowest BCUT2D eigenvalue weighted by atomic mass is 9.90. The molecular weight excluding hydrogens is 292 g/mol. The Morgan fingerprint density at radius 2 is 1.78 bits per heavy atom. The van der Waals surface area contributed by atoms with Gasteiger partial charge in [0.1, 0.15) is 11.4 Å². The molecule has 0 heterocycles. The summed E-state index contributed by atoms with van der Waals surface area (Å²) in [5.41, 5.74) is 1.98. The van der Waals surface area contributed by atoms with Gasteiger partial charge in [0.2, 0.25) is 0 Å². The molecule has 0 bridgehead atoms. The summed E-state index contributed by atoms with van der Waals surface area (Å²) < 4.78 is 5.08. The number of rotatable bonds is 10. The second-order valence-electron chi connectivity index (χ2n) is 5.71. The van der Waals surface area contributed by atoms with E-state index in [1.165, 1.54) is 0 Å². The van der Waals surface area contributed by atoms with Crippen LogP contribution in [0.4, 0.5) is 0 Å². The van der Waals surface area contributed by atoms with Crippen LogP contribution < -0.4 is 10.2 Å². The van der Waals surface area contributed by atoms with Crippen molar-refractivity contribution in [3.63, 3.8) is 0 Å². The number of amides is 1. The SMILES string of the molecule is CCCCC(O)(CCCC)C(=O)NN=Cc1ccc(OC)cc1.